The number of nitrogens with zero attached hydrogens (tertiary/aromatic N) is 4. The number of benzene rings is 10. The number of ether oxygens (including phenoxy) is 1. The Morgan fingerprint density at radius 3 is 1.72 bits per heavy atom. The van der Waals surface area contributed by atoms with Crippen molar-refractivity contribution in [2.24, 2.45) is 0 Å². The maximum absolute atomic E-state index is 10.2. The fraction of sp³-hybridized carbons (Fsp3) is 0.108. The minimum atomic E-state index is -6.15. The third kappa shape index (κ3) is 8.63. The summed E-state index contributed by atoms with van der Waals surface area (Å²) < 4.78 is 232. The van der Waals surface area contributed by atoms with Crippen LogP contribution < -0.4 is 30.1 Å². The molecular weight excluding hydrogens is 1180 g/mol. The van der Waals surface area contributed by atoms with Gasteiger partial charge in [-0.25, -0.2) is 4.98 Å². The van der Waals surface area contributed by atoms with E-state index in [2.05, 4.69) is 39.2 Å². The van der Waals surface area contributed by atoms with Crippen LogP contribution >= 0.6 is 0 Å². The Bertz CT molecular complexity index is 5710. The first-order valence-electron chi connectivity index (χ1n) is 37.2. The molecule has 0 fully saturated rings. The van der Waals surface area contributed by atoms with Crippen molar-refractivity contribution >= 4 is 61.7 Å². The second-order valence-electron chi connectivity index (χ2n) is 21.5. The molecular formula is C74H58N4OPtSi-2. The molecule has 0 radical (unpaired) electrons. The largest absolute Gasteiger partial charge is 0.510 e. The van der Waals surface area contributed by atoms with Gasteiger partial charge in [0.1, 0.15) is 5.82 Å². The van der Waals surface area contributed by atoms with E-state index < -0.39 is 190 Å². The summed E-state index contributed by atoms with van der Waals surface area (Å²) in [5, 5.41) is -1.30. The number of hydrogen-bond acceptors (Lipinski definition) is 2. The van der Waals surface area contributed by atoms with Gasteiger partial charge in [-0.15, -0.1) is 29.7 Å². The van der Waals surface area contributed by atoms with Crippen molar-refractivity contribution in [1.29, 1.82) is 0 Å². The molecule has 5 nitrogen and oxygen atoms in total. The Labute approximate surface area is 522 Å². The maximum Gasteiger partial charge on any atom is 0.268 e. The van der Waals surface area contributed by atoms with E-state index in [1.807, 2.05) is 67.8 Å². The van der Waals surface area contributed by atoms with Gasteiger partial charge in [0.2, 0.25) is 0 Å². The zero-order valence-electron chi connectivity index (χ0n) is 67.3. The van der Waals surface area contributed by atoms with Crippen LogP contribution in [0.4, 0.5) is 0 Å². The summed E-state index contributed by atoms with van der Waals surface area (Å²) >= 11 is 0. The average molecular weight is 1270 g/mol. The smallest absolute Gasteiger partial charge is 0.268 e. The molecule has 396 valence electrons. The average Bonchev–Trinajstić information content (AvgIpc) is 1.02. The molecule has 3 aromatic heterocycles. The Morgan fingerprint density at radius 2 is 1.09 bits per heavy atom. The van der Waals surface area contributed by atoms with Gasteiger partial charge in [0.05, 0.1) is 48.2 Å². The van der Waals surface area contributed by atoms with Gasteiger partial charge in [-0.2, -0.15) is 18.2 Å². The van der Waals surface area contributed by atoms with Crippen molar-refractivity contribution in [1.82, 2.24) is 14.1 Å². The second kappa shape index (κ2) is 20.1. The predicted octanol–water partition coefficient (Wildman–Crippen LogP) is 14.9. The Hall–Kier alpha value is -8.67. The number of rotatable bonds is 8. The minimum absolute atomic E-state index is 0. The maximum atomic E-state index is 10.2. The van der Waals surface area contributed by atoms with Gasteiger partial charge in [-0.1, -0.05) is 235 Å². The molecule has 0 spiro atoms. The molecule has 0 unspecified atom stereocenters. The molecule has 81 heavy (non-hydrogen) atoms. The van der Waals surface area contributed by atoms with Crippen LogP contribution in [0.5, 0.6) is 11.5 Å². The number of para-hydroxylation sites is 2. The fourth-order valence-corrected chi connectivity index (χ4v) is 14.9. The molecule has 14 rings (SSSR count). The Kier molecular flexibility index (Phi) is 7.94. The molecule has 0 N–H and O–H groups in total. The molecule has 13 aromatic rings. The van der Waals surface area contributed by atoms with Crippen LogP contribution in [0.1, 0.15) is 84.2 Å². The van der Waals surface area contributed by atoms with Crippen LogP contribution in [0.15, 0.2) is 242 Å². The first-order chi connectivity index (χ1) is 48.5. The van der Waals surface area contributed by atoms with Gasteiger partial charge in [0, 0.05) is 44.3 Å². The molecule has 0 atom stereocenters. The van der Waals surface area contributed by atoms with Crippen molar-refractivity contribution < 1.29 is 61.9 Å². The van der Waals surface area contributed by atoms with Gasteiger partial charge in [0.25, 0.3) is 6.33 Å². The summed E-state index contributed by atoms with van der Waals surface area (Å²) in [7, 11) is -6.15. The van der Waals surface area contributed by atoms with Crippen LogP contribution in [0, 0.1) is 18.5 Å². The Balaban J connectivity index is 0.00000961. The number of imidazole rings is 1. The van der Waals surface area contributed by atoms with E-state index in [1.165, 1.54) is 21.3 Å². The van der Waals surface area contributed by atoms with Gasteiger partial charge in [-0.05, 0) is 105 Å². The number of hydrogen-bond donors (Lipinski definition) is 0. The zero-order valence-corrected chi connectivity index (χ0v) is 47.6. The third-order valence-electron chi connectivity index (χ3n) is 14.7. The third-order valence-corrected chi connectivity index (χ3v) is 18.8. The summed E-state index contributed by atoms with van der Waals surface area (Å²) in [5.41, 5.74) is 0.0430. The van der Waals surface area contributed by atoms with E-state index in [-0.39, 0.29) is 77.1 Å². The quantitative estimate of drug-likeness (QED) is 0.0658. The minimum Gasteiger partial charge on any atom is -0.510 e. The van der Waals surface area contributed by atoms with Crippen molar-refractivity contribution in [2.45, 2.75) is 52.4 Å². The molecule has 4 heterocycles. The van der Waals surface area contributed by atoms with E-state index in [1.54, 1.807) is 48.7 Å². The first kappa shape index (κ1) is 31.9. The van der Waals surface area contributed by atoms with Gasteiger partial charge >= 0.3 is 0 Å². The Morgan fingerprint density at radius 1 is 0.506 bits per heavy atom. The molecule has 1 aliphatic rings. The summed E-state index contributed by atoms with van der Waals surface area (Å²) in [6.07, 6.45) is 5.25. The van der Waals surface area contributed by atoms with E-state index in [9.17, 15) is 27.4 Å². The standard InChI is InChI=1S/C74H58N4OSi.Pt/c1-73(2,3)50-42-43-75-70(44-50)78-67-39-21-20-36-62(67)63-41-40-53(46-68(63)78)79-52-25-22-24-51(45-52)76-49-77-71-64(37-23-38-66(71)74(4,5)6)60-34-18-16-32-58(60)59-33-17-19-35-61(59)65-47-57(48-69(76)72(65)77)80(54-26-10-7-11-27-54,55-28-12-8-13-29-55)56-30-14-9-15-31-56;/h7-44,47-48H,1-6H3;/q-2;/i7D,8D,9D,10D,11D,12D,13D,14D,15D,16D,17D,18D,19D,26D,27D,28D,29D,30D,31D,32D,33D,34D,35D;. The van der Waals surface area contributed by atoms with Gasteiger partial charge in [-0.3, -0.25) is 4.57 Å². The predicted molar refractivity (Wildman–Crippen MR) is 331 cm³/mol. The van der Waals surface area contributed by atoms with Crippen LogP contribution in [-0.2, 0) is 31.9 Å². The SMILES string of the molecule is [2H]c1c([2H])c([2H])c([Si](c2cc3c4c(c2)n(-c2[c-]c(Oc5[c-]c6c(cc5)c5ccccc5n6-c5cc(C(C)(C)C)ccn5)ccc2)[c-][n+]4-c2c(cccc2C(C)(C)C)-c2c([2H])c([2H])c([2H])c([2H])c2-c2c([2H])c([2H])c([2H])c([2H])c2-3)(c2c([2H])c([2H])c([2H])c([2H])c2[2H])c2c([2H])c([2H])c([2H])c([2H])c2[2H])c([2H])c1[2H].[Pt]. The van der Waals surface area contributed by atoms with Crippen LogP contribution in [0.2, 0.25) is 0 Å². The molecule has 1 aliphatic heterocycles. The van der Waals surface area contributed by atoms with Crippen molar-refractivity contribution in [3.05, 3.63) is 272 Å². The summed E-state index contributed by atoms with van der Waals surface area (Å²) in [6, 6.07) is 12.9. The topological polar surface area (TPSA) is 35.9 Å². The zero-order chi connectivity index (χ0) is 74.3. The van der Waals surface area contributed by atoms with Crippen molar-refractivity contribution in [3.63, 3.8) is 0 Å². The number of aromatic nitrogens is 4. The number of fused-ring (bicyclic) bond motifs is 10. The second-order valence-corrected chi connectivity index (χ2v) is 25.0. The van der Waals surface area contributed by atoms with Gasteiger partial charge < -0.3 is 13.9 Å². The van der Waals surface area contributed by atoms with E-state index in [0.717, 1.165) is 21.9 Å². The molecule has 0 bridgehead atoms. The summed E-state index contributed by atoms with van der Waals surface area (Å²) in [5.74, 6) is 0.894. The normalized spacial score (nSPS) is 16.2. The molecule has 10 aromatic carbocycles. The van der Waals surface area contributed by atoms with Crippen LogP contribution in [0.3, 0.4) is 0 Å². The van der Waals surface area contributed by atoms with E-state index in [0.29, 0.717) is 16.9 Å². The van der Waals surface area contributed by atoms with Crippen molar-refractivity contribution in [3.8, 4) is 62.1 Å². The summed E-state index contributed by atoms with van der Waals surface area (Å²) in [6.45, 7) is 12.0. The van der Waals surface area contributed by atoms with Crippen LogP contribution in [-0.4, -0.2) is 22.2 Å². The number of pyridine rings is 1. The van der Waals surface area contributed by atoms with E-state index >= 15 is 0 Å². The fourth-order valence-electron chi connectivity index (χ4n) is 11.0. The van der Waals surface area contributed by atoms with Crippen LogP contribution in [0.25, 0.3) is 83.4 Å². The first-order valence-corrected chi connectivity index (χ1v) is 27.7. The summed E-state index contributed by atoms with van der Waals surface area (Å²) in [4.78, 5) is 4.83. The molecule has 0 saturated heterocycles. The molecule has 0 amide bonds. The van der Waals surface area contributed by atoms with Crippen molar-refractivity contribution in [2.75, 3.05) is 0 Å². The molecule has 0 saturated carbocycles. The van der Waals surface area contributed by atoms with Gasteiger partial charge in [0.15, 0.2) is 8.07 Å². The monoisotopic (exact) mass is 1260 g/mol. The van der Waals surface area contributed by atoms with E-state index in [4.69, 9.17) is 13.8 Å². The molecule has 0 aliphatic carbocycles. The molecule has 7 heteroatoms.